The van der Waals surface area contributed by atoms with E-state index in [4.69, 9.17) is 10.5 Å². The summed E-state index contributed by atoms with van der Waals surface area (Å²) in [5, 5.41) is 0. The van der Waals surface area contributed by atoms with Crippen LogP contribution in [0.2, 0.25) is 0 Å². The third-order valence-corrected chi connectivity index (χ3v) is 2.02. The van der Waals surface area contributed by atoms with Crippen LogP contribution in [0, 0.1) is 5.92 Å². The fourth-order valence-corrected chi connectivity index (χ4v) is 1.16. The maximum Gasteiger partial charge on any atom is 0.305 e. The molecule has 0 saturated carbocycles. The fourth-order valence-electron chi connectivity index (χ4n) is 1.16. The zero-order valence-electron chi connectivity index (χ0n) is 9.42. The number of carbonyl (C=O) groups excluding carboxylic acids is 1. The van der Waals surface area contributed by atoms with E-state index >= 15 is 0 Å². The molecule has 0 aliphatic carbocycles. The standard InChI is InChI=1S/C11H23NO2/c1-10(2)6-5-9-14-11(13)7-3-4-8-12/h10H,3-9,12H2,1-2H3. The van der Waals surface area contributed by atoms with Gasteiger partial charge in [0.1, 0.15) is 0 Å². The summed E-state index contributed by atoms with van der Waals surface area (Å²) in [4.78, 5) is 11.1. The van der Waals surface area contributed by atoms with Gasteiger partial charge in [0.15, 0.2) is 0 Å². The molecule has 0 unspecified atom stereocenters. The summed E-state index contributed by atoms with van der Waals surface area (Å²) in [6.07, 6.45) is 4.36. The largest absolute Gasteiger partial charge is 0.466 e. The minimum absolute atomic E-state index is 0.0813. The van der Waals surface area contributed by atoms with Crippen molar-refractivity contribution < 1.29 is 9.53 Å². The lowest BCUT2D eigenvalue weighted by molar-refractivity contribution is -0.143. The highest BCUT2D eigenvalue weighted by molar-refractivity contribution is 5.69. The molecule has 84 valence electrons. The molecule has 0 aromatic heterocycles. The second kappa shape index (κ2) is 9.00. The molecule has 0 heterocycles. The summed E-state index contributed by atoms with van der Waals surface area (Å²) >= 11 is 0. The highest BCUT2D eigenvalue weighted by atomic mass is 16.5. The Hall–Kier alpha value is -0.570. The fraction of sp³-hybridized carbons (Fsp3) is 0.909. The number of carbonyl (C=O) groups is 1. The number of ether oxygens (including phenoxy) is 1. The summed E-state index contributed by atoms with van der Waals surface area (Å²) in [5.41, 5.74) is 5.32. The first-order valence-corrected chi connectivity index (χ1v) is 5.52. The smallest absolute Gasteiger partial charge is 0.305 e. The average molecular weight is 201 g/mol. The van der Waals surface area contributed by atoms with E-state index in [1.165, 1.54) is 0 Å². The van der Waals surface area contributed by atoms with Gasteiger partial charge in [-0.15, -0.1) is 0 Å². The van der Waals surface area contributed by atoms with Gasteiger partial charge < -0.3 is 10.5 Å². The first kappa shape index (κ1) is 13.4. The number of nitrogens with two attached hydrogens (primary N) is 1. The molecule has 2 N–H and O–H groups in total. The third-order valence-electron chi connectivity index (χ3n) is 2.02. The van der Waals surface area contributed by atoms with Gasteiger partial charge in [-0.1, -0.05) is 13.8 Å². The van der Waals surface area contributed by atoms with Crippen molar-refractivity contribution in [1.29, 1.82) is 0 Å². The molecule has 0 aliphatic rings. The Labute approximate surface area is 87.0 Å². The van der Waals surface area contributed by atoms with Crippen LogP contribution in [0.5, 0.6) is 0 Å². The third kappa shape index (κ3) is 9.52. The molecule has 0 amide bonds. The van der Waals surface area contributed by atoms with Gasteiger partial charge in [-0.2, -0.15) is 0 Å². The van der Waals surface area contributed by atoms with Crippen LogP contribution < -0.4 is 5.73 Å². The maximum absolute atomic E-state index is 11.1. The molecule has 0 fully saturated rings. The summed E-state index contributed by atoms with van der Waals surface area (Å²) in [7, 11) is 0. The van der Waals surface area contributed by atoms with Crippen LogP contribution in [0.3, 0.4) is 0 Å². The summed E-state index contributed by atoms with van der Waals surface area (Å²) in [6, 6.07) is 0. The lowest BCUT2D eigenvalue weighted by Crippen LogP contribution is -2.07. The van der Waals surface area contributed by atoms with Gasteiger partial charge in [-0.3, -0.25) is 4.79 Å². The monoisotopic (exact) mass is 201 g/mol. The average Bonchev–Trinajstić information content (AvgIpc) is 2.13. The molecule has 0 aromatic carbocycles. The Morgan fingerprint density at radius 1 is 1.29 bits per heavy atom. The van der Waals surface area contributed by atoms with Crippen LogP contribution in [0.4, 0.5) is 0 Å². The van der Waals surface area contributed by atoms with Gasteiger partial charge in [0, 0.05) is 6.42 Å². The van der Waals surface area contributed by atoms with Crippen molar-refractivity contribution in [2.75, 3.05) is 13.2 Å². The van der Waals surface area contributed by atoms with Crippen molar-refractivity contribution in [3.63, 3.8) is 0 Å². The molecule has 0 atom stereocenters. The SMILES string of the molecule is CC(C)CCCOC(=O)CCCCN. The van der Waals surface area contributed by atoms with E-state index in [2.05, 4.69) is 13.8 Å². The Balaban J connectivity index is 3.18. The van der Waals surface area contributed by atoms with Crippen LogP contribution in [-0.4, -0.2) is 19.1 Å². The van der Waals surface area contributed by atoms with Gasteiger partial charge in [0.25, 0.3) is 0 Å². The number of hydrogen-bond donors (Lipinski definition) is 1. The molecule has 0 aliphatic heterocycles. The predicted octanol–water partition coefficient (Wildman–Crippen LogP) is 2.09. The van der Waals surface area contributed by atoms with Crippen molar-refractivity contribution in [3.05, 3.63) is 0 Å². The molecular formula is C11H23NO2. The van der Waals surface area contributed by atoms with E-state index in [9.17, 15) is 4.79 Å². The van der Waals surface area contributed by atoms with E-state index < -0.39 is 0 Å². The van der Waals surface area contributed by atoms with Gasteiger partial charge in [0.05, 0.1) is 6.61 Å². The number of rotatable bonds is 8. The van der Waals surface area contributed by atoms with Crippen molar-refractivity contribution in [2.24, 2.45) is 11.7 Å². The zero-order valence-corrected chi connectivity index (χ0v) is 9.42. The van der Waals surface area contributed by atoms with E-state index in [0.717, 1.165) is 25.7 Å². The first-order valence-electron chi connectivity index (χ1n) is 5.52. The van der Waals surface area contributed by atoms with Gasteiger partial charge in [0.2, 0.25) is 0 Å². The van der Waals surface area contributed by atoms with E-state index in [1.54, 1.807) is 0 Å². The second-order valence-electron chi connectivity index (χ2n) is 4.00. The predicted molar refractivity (Wildman–Crippen MR) is 57.9 cm³/mol. The lowest BCUT2D eigenvalue weighted by Gasteiger charge is -2.06. The molecule has 14 heavy (non-hydrogen) atoms. The molecular weight excluding hydrogens is 178 g/mol. The van der Waals surface area contributed by atoms with Crippen LogP contribution in [0.25, 0.3) is 0 Å². The van der Waals surface area contributed by atoms with E-state index in [0.29, 0.717) is 25.5 Å². The van der Waals surface area contributed by atoms with Gasteiger partial charge in [-0.25, -0.2) is 0 Å². The van der Waals surface area contributed by atoms with Crippen molar-refractivity contribution in [3.8, 4) is 0 Å². The molecule has 0 radical (unpaired) electrons. The molecule has 0 aromatic rings. The Kier molecular flexibility index (Phi) is 8.64. The zero-order chi connectivity index (χ0) is 10.8. The molecule has 0 bridgehead atoms. The second-order valence-corrected chi connectivity index (χ2v) is 4.00. The summed E-state index contributed by atoms with van der Waals surface area (Å²) in [6.45, 7) is 5.56. The first-order chi connectivity index (χ1) is 6.66. The lowest BCUT2D eigenvalue weighted by atomic mass is 10.1. The van der Waals surface area contributed by atoms with Crippen molar-refractivity contribution in [2.45, 2.75) is 46.0 Å². The molecule has 3 heteroatoms. The molecule has 0 saturated heterocycles. The van der Waals surface area contributed by atoms with E-state index in [1.807, 2.05) is 0 Å². The number of unbranched alkanes of at least 4 members (excludes halogenated alkanes) is 1. The highest BCUT2D eigenvalue weighted by Crippen LogP contribution is 2.04. The Morgan fingerprint density at radius 3 is 2.57 bits per heavy atom. The Bertz CT molecular complexity index is 146. The molecule has 0 spiro atoms. The number of esters is 1. The Morgan fingerprint density at radius 2 is 2.00 bits per heavy atom. The van der Waals surface area contributed by atoms with Gasteiger partial charge >= 0.3 is 5.97 Å². The normalized spacial score (nSPS) is 10.6. The van der Waals surface area contributed by atoms with Crippen LogP contribution in [0.1, 0.15) is 46.0 Å². The van der Waals surface area contributed by atoms with Crippen LogP contribution in [0.15, 0.2) is 0 Å². The van der Waals surface area contributed by atoms with Gasteiger partial charge in [-0.05, 0) is 38.1 Å². The highest BCUT2D eigenvalue weighted by Gasteiger charge is 2.02. The summed E-state index contributed by atoms with van der Waals surface area (Å²) < 4.78 is 5.06. The molecule has 0 rings (SSSR count). The maximum atomic E-state index is 11.1. The van der Waals surface area contributed by atoms with Crippen LogP contribution in [-0.2, 0) is 9.53 Å². The topological polar surface area (TPSA) is 52.3 Å². The van der Waals surface area contributed by atoms with Crippen molar-refractivity contribution >= 4 is 5.97 Å². The number of hydrogen-bond acceptors (Lipinski definition) is 3. The van der Waals surface area contributed by atoms with Crippen LogP contribution >= 0.6 is 0 Å². The van der Waals surface area contributed by atoms with Crippen molar-refractivity contribution in [1.82, 2.24) is 0 Å². The minimum atomic E-state index is -0.0813. The van der Waals surface area contributed by atoms with E-state index in [-0.39, 0.29) is 5.97 Å². The quantitative estimate of drug-likeness (QED) is 0.483. The minimum Gasteiger partial charge on any atom is -0.466 e. The molecule has 3 nitrogen and oxygen atoms in total. The summed E-state index contributed by atoms with van der Waals surface area (Å²) in [5.74, 6) is 0.605.